The van der Waals surface area contributed by atoms with Gasteiger partial charge in [-0.15, -0.1) is 0 Å². The number of esters is 1. The minimum absolute atomic E-state index is 0.289. The summed E-state index contributed by atoms with van der Waals surface area (Å²) in [4.78, 5) is 11.6. The zero-order valence-electron chi connectivity index (χ0n) is 11.5. The number of nitrogens with two attached hydrogens (primary N) is 1. The van der Waals surface area contributed by atoms with Crippen molar-refractivity contribution < 1.29 is 9.53 Å². The van der Waals surface area contributed by atoms with Crippen LogP contribution in [0.3, 0.4) is 0 Å². The molecule has 2 aromatic carbocycles. The second-order valence-electron chi connectivity index (χ2n) is 4.50. The van der Waals surface area contributed by atoms with Crippen molar-refractivity contribution in [3.63, 3.8) is 0 Å². The number of methoxy groups -OCH3 is 1. The van der Waals surface area contributed by atoms with Crippen LogP contribution in [0, 0.1) is 6.92 Å². The lowest BCUT2D eigenvalue weighted by Gasteiger charge is -2.12. The smallest absolute Gasteiger partial charge is 0.340 e. The van der Waals surface area contributed by atoms with E-state index < -0.39 is 5.97 Å². The first-order chi connectivity index (χ1) is 9.92. The predicted octanol–water partition coefficient (Wildman–Crippen LogP) is 4.41. The number of nitrogens with one attached hydrogen (secondary N) is 1. The number of carbonyl (C=O) groups excluding carboxylic acids is 1. The lowest BCUT2D eigenvalue weighted by Crippen LogP contribution is -2.06. The largest absolute Gasteiger partial charge is 0.465 e. The number of ether oxygens (including phenoxy) is 1. The first kappa shape index (κ1) is 15.5. The summed E-state index contributed by atoms with van der Waals surface area (Å²) in [5, 5.41) is 4.24. The van der Waals surface area contributed by atoms with Crippen LogP contribution in [-0.4, -0.2) is 13.1 Å². The Bertz CT molecular complexity index is 702. The number of nitrogen functional groups attached to an aromatic ring is 1. The average molecular weight is 325 g/mol. The Morgan fingerprint density at radius 1 is 1.19 bits per heavy atom. The third-order valence-electron chi connectivity index (χ3n) is 2.99. The van der Waals surface area contributed by atoms with Gasteiger partial charge in [-0.3, -0.25) is 0 Å². The van der Waals surface area contributed by atoms with Gasteiger partial charge in [0.1, 0.15) is 0 Å². The fraction of sp³-hybridized carbons (Fsp3) is 0.133. The topological polar surface area (TPSA) is 64.3 Å². The van der Waals surface area contributed by atoms with Crippen molar-refractivity contribution in [3.05, 3.63) is 51.5 Å². The molecule has 0 unspecified atom stereocenters. The molecule has 2 aromatic rings. The van der Waals surface area contributed by atoms with E-state index in [1.165, 1.54) is 7.11 Å². The van der Waals surface area contributed by atoms with Crippen molar-refractivity contribution in [3.8, 4) is 0 Å². The Morgan fingerprint density at radius 3 is 2.57 bits per heavy atom. The van der Waals surface area contributed by atoms with Gasteiger partial charge in [-0.2, -0.15) is 0 Å². The summed E-state index contributed by atoms with van der Waals surface area (Å²) in [6, 6.07) is 8.47. The summed E-state index contributed by atoms with van der Waals surface area (Å²) in [6.45, 7) is 1.87. The third kappa shape index (κ3) is 3.40. The number of aryl methyl sites for hydroxylation is 1. The van der Waals surface area contributed by atoms with E-state index in [9.17, 15) is 4.79 Å². The summed E-state index contributed by atoms with van der Waals surface area (Å²) in [7, 11) is 1.30. The Kier molecular flexibility index (Phi) is 4.60. The van der Waals surface area contributed by atoms with Gasteiger partial charge in [0.05, 0.1) is 23.4 Å². The first-order valence-corrected chi connectivity index (χ1v) is 6.88. The van der Waals surface area contributed by atoms with Crippen molar-refractivity contribution in [2.45, 2.75) is 6.92 Å². The van der Waals surface area contributed by atoms with Gasteiger partial charge in [-0.05, 0) is 42.8 Å². The second-order valence-corrected chi connectivity index (χ2v) is 5.31. The third-order valence-corrected chi connectivity index (χ3v) is 3.71. The van der Waals surface area contributed by atoms with Gasteiger partial charge in [0.2, 0.25) is 0 Å². The van der Waals surface area contributed by atoms with Crippen LogP contribution in [0.1, 0.15) is 15.9 Å². The molecule has 0 aliphatic carbocycles. The van der Waals surface area contributed by atoms with Crippen molar-refractivity contribution >= 4 is 46.2 Å². The molecule has 0 saturated carbocycles. The molecule has 0 fully saturated rings. The van der Waals surface area contributed by atoms with Crippen LogP contribution in [0.25, 0.3) is 0 Å². The van der Waals surface area contributed by atoms with Gasteiger partial charge < -0.3 is 15.8 Å². The van der Waals surface area contributed by atoms with Crippen LogP contribution in [0.2, 0.25) is 10.0 Å². The van der Waals surface area contributed by atoms with Crippen LogP contribution < -0.4 is 11.1 Å². The normalized spacial score (nSPS) is 10.3. The van der Waals surface area contributed by atoms with E-state index in [0.29, 0.717) is 27.1 Å². The van der Waals surface area contributed by atoms with E-state index >= 15 is 0 Å². The molecular weight excluding hydrogens is 311 g/mol. The van der Waals surface area contributed by atoms with Crippen LogP contribution in [0.15, 0.2) is 30.3 Å². The monoisotopic (exact) mass is 324 g/mol. The number of anilines is 3. The molecule has 0 saturated heterocycles. The van der Waals surface area contributed by atoms with Crippen LogP contribution in [0.4, 0.5) is 17.1 Å². The molecule has 3 N–H and O–H groups in total. The van der Waals surface area contributed by atoms with Crippen LogP contribution >= 0.6 is 23.2 Å². The number of halogens is 2. The zero-order valence-corrected chi connectivity index (χ0v) is 13.0. The number of hydrogen-bond acceptors (Lipinski definition) is 4. The molecule has 0 atom stereocenters. The highest BCUT2D eigenvalue weighted by atomic mass is 35.5. The number of rotatable bonds is 3. The van der Waals surface area contributed by atoms with E-state index in [-0.39, 0.29) is 5.56 Å². The van der Waals surface area contributed by atoms with Gasteiger partial charge in [-0.1, -0.05) is 23.2 Å². The highest BCUT2D eigenvalue weighted by molar-refractivity contribution is 6.35. The molecule has 0 radical (unpaired) electrons. The Balaban J connectivity index is 2.36. The molecule has 0 aromatic heterocycles. The molecule has 0 amide bonds. The number of benzene rings is 2. The Hall–Kier alpha value is -1.91. The van der Waals surface area contributed by atoms with E-state index in [0.717, 1.165) is 5.56 Å². The molecule has 0 spiro atoms. The van der Waals surface area contributed by atoms with Crippen molar-refractivity contribution in [2.75, 3.05) is 18.2 Å². The molecular formula is C15H14Cl2N2O2. The maximum Gasteiger partial charge on any atom is 0.340 e. The summed E-state index contributed by atoms with van der Waals surface area (Å²) in [5.74, 6) is -0.496. The number of hydrogen-bond donors (Lipinski definition) is 2. The molecule has 0 heterocycles. The molecule has 110 valence electrons. The van der Waals surface area contributed by atoms with E-state index in [1.54, 1.807) is 30.3 Å². The average Bonchev–Trinajstić information content (AvgIpc) is 2.45. The molecule has 2 rings (SSSR count). The van der Waals surface area contributed by atoms with Gasteiger partial charge in [0, 0.05) is 16.4 Å². The quantitative estimate of drug-likeness (QED) is 0.648. The maximum absolute atomic E-state index is 11.6. The fourth-order valence-corrected chi connectivity index (χ4v) is 2.25. The molecule has 0 aliphatic rings. The highest BCUT2D eigenvalue weighted by Gasteiger charge is 2.12. The molecule has 0 bridgehead atoms. The minimum atomic E-state index is -0.496. The van der Waals surface area contributed by atoms with Gasteiger partial charge in [0.25, 0.3) is 0 Å². The van der Waals surface area contributed by atoms with Gasteiger partial charge >= 0.3 is 5.97 Å². The summed E-state index contributed by atoms with van der Waals surface area (Å²) in [6.07, 6.45) is 0. The van der Waals surface area contributed by atoms with Crippen LogP contribution in [0.5, 0.6) is 0 Å². The summed E-state index contributed by atoms with van der Waals surface area (Å²) < 4.78 is 4.69. The lowest BCUT2D eigenvalue weighted by atomic mass is 10.1. The second kappa shape index (κ2) is 6.24. The molecule has 6 heteroatoms. The van der Waals surface area contributed by atoms with Crippen LogP contribution in [-0.2, 0) is 4.74 Å². The molecule has 0 aliphatic heterocycles. The summed E-state index contributed by atoms with van der Waals surface area (Å²) >= 11 is 12.3. The van der Waals surface area contributed by atoms with Crippen molar-refractivity contribution in [1.29, 1.82) is 0 Å². The molecule has 4 nitrogen and oxygen atoms in total. The zero-order chi connectivity index (χ0) is 15.6. The molecule has 21 heavy (non-hydrogen) atoms. The fourth-order valence-electron chi connectivity index (χ4n) is 1.82. The highest BCUT2D eigenvalue weighted by Crippen LogP contribution is 2.31. The first-order valence-electron chi connectivity index (χ1n) is 6.13. The maximum atomic E-state index is 11.6. The van der Waals surface area contributed by atoms with E-state index in [2.05, 4.69) is 10.1 Å². The van der Waals surface area contributed by atoms with Gasteiger partial charge in [-0.25, -0.2) is 4.79 Å². The van der Waals surface area contributed by atoms with Crippen molar-refractivity contribution in [2.24, 2.45) is 0 Å². The summed E-state index contributed by atoms with van der Waals surface area (Å²) in [5.41, 5.74) is 8.59. The van der Waals surface area contributed by atoms with Crippen molar-refractivity contribution in [1.82, 2.24) is 0 Å². The SMILES string of the molecule is COC(=O)c1cc(Nc2cc(Cl)c(C)cc2Cl)ccc1N. The Morgan fingerprint density at radius 2 is 1.90 bits per heavy atom. The Labute approximate surface area is 132 Å². The number of carbonyl (C=O) groups is 1. The lowest BCUT2D eigenvalue weighted by molar-refractivity contribution is 0.0602. The van der Waals surface area contributed by atoms with E-state index in [4.69, 9.17) is 28.9 Å². The standard InChI is InChI=1S/C15H14Cl2N2O2/c1-8-5-12(17)14(7-11(8)16)19-9-3-4-13(18)10(6-9)15(20)21-2/h3-7,19H,18H2,1-2H3. The predicted molar refractivity (Wildman–Crippen MR) is 86.7 cm³/mol. The minimum Gasteiger partial charge on any atom is -0.465 e. The van der Waals surface area contributed by atoms with Gasteiger partial charge in [0.15, 0.2) is 0 Å². The van der Waals surface area contributed by atoms with E-state index in [1.807, 2.05) is 6.92 Å².